The van der Waals surface area contributed by atoms with Crippen molar-refractivity contribution < 1.29 is 34.2 Å². The van der Waals surface area contributed by atoms with Crippen LogP contribution in [-0.4, -0.2) is 51.0 Å². The van der Waals surface area contributed by atoms with Gasteiger partial charge in [0.1, 0.15) is 5.75 Å². The Hall–Kier alpha value is -3.04. The molecule has 186 valence electrons. The zero-order valence-corrected chi connectivity index (χ0v) is 21.2. The number of rotatable bonds is 5. The summed E-state index contributed by atoms with van der Waals surface area (Å²) in [5.74, 6) is -4.99. The topological polar surface area (TPSA) is 129 Å². The number of allylic oxidation sites excluding steroid dienone is 6. The maximum absolute atomic E-state index is 13.5. The Balaban J connectivity index is 1.59. The van der Waals surface area contributed by atoms with Crippen LogP contribution in [-0.2, 0) is 24.0 Å². The number of imide groups is 1. The molecule has 1 saturated heterocycles. The van der Waals surface area contributed by atoms with Crippen molar-refractivity contribution >= 4 is 56.9 Å². The van der Waals surface area contributed by atoms with E-state index in [0.29, 0.717) is 11.1 Å². The minimum atomic E-state index is -1.00. The summed E-state index contributed by atoms with van der Waals surface area (Å²) in [6, 6.07) is 4.42. The smallest absolute Gasteiger partial charge is 0.303 e. The largest absolute Gasteiger partial charge is 0.508 e. The lowest BCUT2D eigenvalue weighted by atomic mass is 9.59. The van der Waals surface area contributed by atoms with Gasteiger partial charge in [-0.2, -0.15) is 0 Å². The lowest BCUT2D eigenvalue weighted by Crippen LogP contribution is -2.39. The van der Waals surface area contributed by atoms with E-state index in [1.807, 2.05) is 6.08 Å². The Kier molecular flexibility index (Phi) is 6.24. The minimum absolute atomic E-state index is 0.0197. The molecule has 10 heteroatoms. The van der Waals surface area contributed by atoms with Crippen LogP contribution in [0.1, 0.15) is 37.2 Å². The SMILES string of the molecule is O=C(O)CCCN1C(=O)[C@H]2[C@H](CC=C3[C@H](c4ccc(O)cc4Cl)C4=C(C[C@H]32)C(=O)C(Br)=CC4=O)C1=O. The van der Waals surface area contributed by atoms with Crippen molar-refractivity contribution in [2.24, 2.45) is 17.8 Å². The van der Waals surface area contributed by atoms with Crippen LogP contribution in [0.25, 0.3) is 0 Å². The van der Waals surface area contributed by atoms with Crippen LogP contribution in [0.4, 0.5) is 0 Å². The first kappa shape index (κ1) is 24.6. The minimum Gasteiger partial charge on any atom is -0.508 e. The molecule has 4 atom stereocenters. The van der Waals surface area contributed by atoms with Gasteiger partial charge in [0.05, 0.1) is 16.3 Å². The summed E-state index contributed by atoms with van der Waals surface area (Å²) in [5, 5.41) is 19.0. The Morgan fingerprint density at radius 2 is 1.89 bits per heavy atom. The average Bonchev–Trinajstić information content (AvgIpc) is 3.06. The Morgan fingerprint density at radius 3 is 2.58 bits per heavy atom. The van der Waals surface area contributed by atoms with Gasteiger partial charge in [-0.3, -0.25) is 28.9 Å². The number of Topliss-reactive ketones (excluding diaryl/α,β-unsaturated/α-hetero) is 1. The number of likely N-dealkylation sites (tertiary alicyclic amines) is 1. The van der Waals surface area contributed by atoms with E-state index in [-0.39, 0.29) is 76.4 Å². The zero-order chi connectivity index (χ0) is 25.9. The predicted octanol–water partition coefficient (Wildman–Crippen LogP) is 3.67. The molecule has 3 aliphatic carbocycles. The van der Waals surface area contributed by atoms with Gasteiger partial charge in [-0.15, -0.1) is 0 Å². The number of hydrogen-bond donors (Lipinski definition) is 2. The van der Waals surface area contributed by atoms with Crippen LogP contribution in [0, 0.1) is 17.8 Å². The van der Waals surface area contributed by atoms with E-state index in [1.54, 1.807) is 6.07 Å². The van der Waals surface area contributed by atoms with Gasteiger partial charge in [0.25, 0.3) is 0 Å². The van der Waals surface area contributed by atoms with Gasteiger partial charge in [0, 0.05) is 41.1 Å². The van der Waals surface area contributed by atoms with E-state index < -0.39 is 29.6 Å². The van der Waals surface area contributed by atoms with E-state index in [2.05, 4.69) is 15.9 Å². The fourth-order valence-corrected chi connectivity index (χ4v) is 6.72. The summed E-state index contributed by atoms with van der Waals surface area (Å²) >= 11 is 9.68. The number of phenols is 1. The number of nitrogens with zero attached hydrogens (tertiary/aromatic N) is 1. The molecular weight excluding hydrogens is 554 g/mol. The number of aromatic hydroxyl groups is 1. The molecule has 0 spiro atoms. The molecular formula is C26H21BrClNO7. The quantitative estimate of drug-likeness (QED) is 0.312. The van der Waals surface area contributed by atoms with Crippen LogP contribution in [0.2, 0.25) is 5.02 Å². The maximum Gasteiger partial charge on any atom is 0.303 e. The van der Waals surface area contributed by atoms with E-state index in [0.717, 1.165) is 10.5 Å². The molecule has 5 rings (SSSR count). The number of halogens is 2. The summed E-state index contributed by atoms with van der Waals surface area (Å²) in [4.78, 5) is 65.0. The third kappa shape index (κ3) is 3.85. The van der Waals surface area contributed by atoms with Crippen LogP contribution < -0.4 is 0 Å². The van der Waals surface area contributed by atoms with Crippen molar-refractivity contribution in [2.45, 2.75) is 31.6 Å². The zero-order valence-electron chi connectivity index (χ0n) is 18.9. The number of carbonyl (C=O) groups is 5. The number of carbonyl (C=O) groups excluding carboxylic acids is 4. The van der Waals surface area contributed by atoms with Gasteiger partial charge in [-0.25, -0.2) is 0 Å². The van der Waals surface area contributed by atoms with Crippen molar-refractivity contribution in [1.82, 2.24) is 4.90 Å². The highest BCUT2D eigenvalue weighted by atomic mass is 79.9. The number of phenolic OH excluding ortho intramolecular Hbond substituents is 1. The third-order valence-electron chi connectivity index (χ3n) is 7.49. The lowest BCUT2D eigenvalue weighted by molar-refractivity contribution is -0.142. The standard InChI is InChI=1S/C26H21BrClNO7/c27-17-10-19(31)23-16(24(17)34)9-15-12(21(23)13-4-3-11(30)8-18(13)28)5-6-14-22(15)26(36)29(25(14)35)7-1-2-20(32)33/h3-5,8,10,14-15,21-22,30H,1-2,6-7,9H2,(H,32,33)/t14-,15+,21+,22-/m0/s1. The maximum atomic E-state index is 13.5. The van der Waals surface area contributed by atoms with Crippen molar-refractivity contribution in [2.75, 3.05) is 6.54 Å². The molecule has 1 aromatic carbocycles. The molecule has 0 aromatic heterocycles. The fourth-order valence-electron chi connectivity index (χ4n) is 5.99. The van der Waals surface area contributed by atoms with Crippen molar-refractivity contribution in [1.29, 1.82) is 0 Å². The number of fused-ring (bicyclic) bond motifs is 3. The van der Waals surface area contributed by atoms with Crippen molar-refractivity contribution in [3.63, 3.8) is 0 Å². The summed E-state index contributed by atoms with van der Waals surface area (Å²) < 4.78 is 0.130. The molecule has 0 bridgehead atoms. The summed E-state index contributed by atoms with van der Waals surface area (Å²) in [7, 11) is 0. The molecule has 2 amide bonds. The first-order valence-corrected chi connectivity index (χ1v) is 12.7. The van der Waals surface area contributed by atoms with Gasteiger partial charge in [-0.1, -0.05) is 29.3 Å². The monoisotopic (exact) mass is 573 g/mol. The number of benzene rings is 1. The highest BCUT2D eigenvalue weighted by Crippen LogP contribution is 2.56. The molecule has 2 N–H and O–H groups in total. The normalized spacial score (nSPS) is 27.4. The first-order chi connectivity index (χ1) is 17.1. The second kappa shape index (κ2) is 9.12. The number of hydrogen-bond acceptors (Lipinski definition) is 6. The highest BCUT2D eigenvalue weighted by molar-refractivity contribution is 9.12. The average molecular weight is 575 g/mol. The van der Waals surface area contributed by atoms with Gasteiger partial charge in [0.2, 0.25) is 11.8 Å². The van der Waals surface area contributed by atoms with E-state index in [4.69, 9.17) is 16.7 Å². The van der Waals surface area contributed by atoms with Crippen molar-refractivity contribution in [3.8, 4) is 5.75 Å². The van der Waals surface area contributed by atoms with Crippen LogP contribution >= 0.6 is 27.5 Å². The van der Waals surface area contributed by atoms with Gasteiger partial charge in [-0.05, 0) is 58.8 Å². The molecule has 0 saturated carbocycles. The third-order valence-corrected chi connectivity index (χ3v) is 8.41. The highest BCUT2D eigenvalue weighted by Gasteiger charge is 2.56. The Labute approximate surface area is 219 Å². The first-order valence-electron chi connectivity index (χ1n) is 11.5. The van der Waals surface area contributed by atoms with Crippen molar-refractivity contribution in [3.05, 3.63) is 62.1 Å². The molecule has 0 unspecified atom stereocenters. The second-order valence-corrected chi connectivity index (χ2v) is 10.7. The summed E-state index contributed by atoms with van der Waals surface area (Å²) in [6.45, 7) is 0.0197. The Morgan fingerprint density at radius 1 is 1.14 bits per heavy atom. The fraction of sp³-hybridized carbons (Fsp3) is 0.346. The van der Waals surface area contributed by atoms with Crippen LogP contribution in [0.3, 0.4) is 0 Å². The molecule has 1 fully saturated rings. The molecule has 0 radical (unpaired) electrons. The molecule has 4 aliphatic rings. The van der Waals surface area contributed by atoms with E-state index in [1.165, 1.54) is 18.2 Å². The van der Waals surface area contributed by atoms with Gasteiger partial charge < -0.3 is 10.2 Å². The Bertz CT molecular complexity index is 1340. The predicted molar refractivity (Wildman–Crippen MR) is 131 cm³/mol. The number of ketones is 2. The van der Waals surface area contributed by atoms with Gasteiger partial charge >= 0.3 is 5.97 Å². The second-order valence-electron chi connectivity index (χ2n) is 9.42. The van der Waals surface area contributed by atoms with Crippen LogP contribution in [0.15, 0.2) is 51.6 Å². The molecule has 8 nitrogen and oxygen atoms in total. The number of aliphatic carboxylic acids is 1. The molecule has 1 heterocycles. The summed E-state index contributed by atoms with van der Waals surface area (Å²) in [6.07, 6.45) is 3.53. The number of carboxylic acid groups (broad SMARTS) is 1. The van der Waals surface area contributed by atoms with Crippen LogP contribution in [0.5, 0.6) is 5.75 Å². The summed E-state index contributed by atoms with van der Waals surface area (Å²) in [5.41, 5.74) is 1.87. The number of carboxylic acids is 1. The van der Waals surface area contributed by atoms with E-state index >= 15 is 0 Å². The lowest BCUT2D eigenvalue weighted by Gasteiger charge is -2.42. The molecule has 1 aliphatic heterocycles. The number of amides is 2. The molecule has 1 aromatic rings. The van der Waals surface area contributed by atoms with E-state index in [9.17, 15) is 29.1 Å². The molecule has 36 heavy (non-hydrogen) atoms. The van der Waals surface area contributed by atoms with Gasteiger partial charge in [0.15, 0.2) is 11.6 Å².